The lowest BCUT2D eigenvalue weighted by Crippen LogP contribution is -2.30. The molecule has 0 aromatic heterocycles. The van der Waals surface area contributed by atoms with E-state index in [2.05, 4.69) is 0 Å². The summed E-state index contributed by atoms with van der Waals surface area (Å²) in [5.74, 6) is 0. The van der Waals surface area contributed by atoms with Crippen molar-refractivity contribution in [3.05, 3.63) is 64.1 Å². The monoisotopic (exact) mass is 343 g/mol. The van der Waals surface area contributed by atoms with Crippen molar-refractivity contribution in [1.82, 2.24) is 4.31 Å². The van der Waals surface area contributed by atoms with Gasteiger partial charge in [-0.05, 0) is 24.6 Å². The van der Waals surface area contributed by atoms with Gasteiger partial charge in [0.05, 0.1) is 10.0 Å². The smallest absolute Gasteiger partial charge is 0.207 e. The van der Waals surface area contributed by atoms with Gasteiger partial charge in [0.15, 0.2) is 0 Å². The minimum absolute atomic E-state index is 0.0568. The van der Waals surface area contributed by atoms with Gasteiger partial charge < -0.3 is 0 Å². The minimum Gasteiger partial charge on any atom is -0.207 e. The molecule has 0 bridgehead atoms. The van der Waals surface area contributed by atoms with Crippen molar-refractivity contribution in [2.24, 2.45) is 0 Å². The molecule has 0 heterocycles. The second-order valence-corrected chi connectivity index (χ2v) is 7.41. The van der Waals surface area contributed by atoms with Gasteiger partial charge in [-0.1, -0.05) is 59.6 Å². The summed E-state index contributed by atoms with van der Waals surface area (Å²) in [7, 11) is -2.26. The number of hydrogen-bond acceptors (Lipinski definition) is 2. The molecule has 3 nitrogen and oxygen atoms in total. The van der Waals surface area contributed by atoms with Crippen LogP contribution < -0.4 is 0 Å². The first-order valence-electron chi connectivity index (χ1n) is 6.32. The molecular weight excluding hydrogens is 329 g/mol. The lowest BCUT2D eigenvalue weighted by atomic mass is 10.1. The highest BCUT2D eigenvalue weighted by atomic mass is 35.5. The van der Waals surface area contributed by atoms with Gasteiger partial charge in [-0.3, -0.25) is 0 Å². The Morgan fingerprint density at radius 3 is 2.00 bits per heavy atom. The third-order valence-electron chi connectivity index (χ3n) is 3.38. The van der Waals surface area contributed by atoms with Crippen molar-refractivity contribution in [3.8, 4) is 0 Å². The Balaban J connectivity index is 2.45. The molecule has 0 saturated carbocycles. The van der Waals surface area contributed by atoms with Crippen molar-refractivity contribution in [2.45, 2.75) is 17.9 Å². The molecule has 6 heteroatoms. The van der Waals surface area contributed by atoms with Crippen LogP contribution in [0.1, 0.15) is 18.5 Å². The van der Waals surface area contributed by atoms with Crippen LogP contribution >= 0.6 is 23.2 Å². The summed E-state index contributed by atoms with van der Waals surface area (Å²) < 4.78 is 26.8. The number of halogens is 2. The van der Waals surface area contributed by atoms with Crippen LogP contribution in [0.3, 0.4) is 0 Å². The average molecular weight is 344 g/mol. The van der Waals surface area contributed by atoms with Crippen molar-refractivity contribution < 1.29 is 8.42 Å². The molecule has 21 heavy (non-hydrogen) atoms. The normalized spacial score (nSPS) is 13.4. The Kier molecular flexibility index (Phi) is 4.94. The molecule has 0 N–H and O–H groups in total. The zero-order valence-electron chi connectivity index (χ0n) is 11.6. The zero-order chi connectivity index (χ0) is 15.6. The van der Waals surface area contributed by atoms with Crippen LogP contribution in [0.25, 0.3) is 0 Å². The molecular formula is C15H15Cl2NO2S. The fourth-order valence-electron chi connectivity index (χ4n) is 2.02. The van der Waals surface area contributed by atoms with Gasteiger partial charge >= 0.3 is 0 Å². The van der Waals surface area contributed by atoms with Crippen LogP contribution in [0.4, 0.5) is 0 Å². The number of hydrogen-bond donors (Lipinski definition) is 0. The maximum absolute atomic E-state index is 12.7. The summed E-state index contributed by atoms with van der Waals surface area (Å²) in [6, 6.07) is 13.7. The zero-order valence-corrected chi connectivity index (χ0v) is 14.0. The summed E-state index contributed by atoms with van der Waals surface area (Å²) >= 11 is 12.0. The van der Waals surface area contributed by atoms with Gasteiger partial charge in [-0.25, -0.2) is 8.42 Å². The van der Waals surface area contributed by atoms with E-state index < -0.39 is 10.0 Å². The second kappa shape index (κ2) is 6.36. The average Bonchev–Trinajstić information content (AvgIpc) is 2.46. The van der Waals surface area contributed by atoms with Gasteiger partial charge in [0.2, 0.25) is 10.0 Å². The van der Waals surface area contributed by atoms with Crippen molar-refractivity contribution in [2.75, 3.05) is 7.05 Å². The molecule has 1 atom stereocenters. The maximum Gasteiger partial charge on any atom is 0.246 e. The molecule has 0 radical (unpaired) electrons. The largest absolute Gasteiger partial charge is 0.246 e. The first kappa shape index (κ1) is 16.3. The van der Waals surface area contributed by atoms with E-state index in [1.54, 1.807) is 6.07 Å². The number of sulfonamides is 1. The summed E-state index contributed by atoms with van der Waals surface area (Å²) in [6.45, 7) is 1.82. The predicted octanol–water partition coefficient (Wildman–Crippen LogP) is 4.38. The molecule has 2 aromatic carbocycles. The highest BCUT2D eigenvalue weighted by molar-refractivity contribution is 7.89. The highest BCUT2D eigenvalue weighted by Gasteiger charge is 2.30. The van der Waals surface area contributed by atoms with E-state index in [1.807, 2.05) is 37.3 Å². The molecule has 0 saturated heterocycles. The number of benzene rings is 2. The van der Waals surface area contributed by atoms with Crippen LogP contribution in [0.2, 0.25) is 10.0 Å². The fraction of sp³-hybridized carbons (Fsp3) is 0.200. The Labute approximate surface area is 135 Å². The molecule has 0 fully saturated rings. The van der Waals surface area contributed by atoms with Crippen LogP contribution in [-0.2, 0) is 10.0 Å². The first-order valence-corrected chi connectivity index (χ1v) is 8.52. The van der Waals surface area contributed by atoms with Crippen molar-refractivity contribution in [1.29, 1.82) is 0 Å². The van der Waals surface area contributed by atoms with E-state index in [9.17, 15) is 8.42 Å². The molecule has 0 aliphatic heterocycles. The van der Waals surface area contributed by atoms with E-state index in [0.29, 0.717) is 0 Å². The van der Waals surface area contributed by atoms with Gasteiger partial charge in [0.1, 0.15) is 4.90 Å². The molecule has 0 aliphatic carbocycles. The van der Waals surface area contributed by atoms with E-state index in [0.717, 1.165) is 5.56 Å². The standard InChI is InChI=1S/C15H15Cl2NO2S/c1-11(12-7-4-3-5-8-12)18(2)21(19,20)15-13(16)9-6-10-14(15)17/h3-11H,1-2H3. The summed E-state index contributed by atoms with van der Waals surface area (Å²) in [6.07, 6.45) is 0. The van der Waals surface area contributed by atoms with Gasteiger partial charge in [0.25, 0.3) is 0 Å². The molecule has 0 amide bonds. The fourth-order valence-corrected chi connectivity index (χ4v) is 4.46. The van der Waals surface area contributed by atoms with E-state index in [1.165, 1.54) is 23.5 Å². The van der Waals surface area contributed by atoms with Crippen LogP contribution in [-0.4, -0.2) is 19.8 Å². The van der Waals surface area contributed by atoms with Crippen molar-refractivity contribution >= 4 is 33.2 Å². The Bertz CT molecular complexity index is 712. The van der Waals surface area contributed by atoms with Crippen LogP contribution in [0.15, 0.2) is 53.4 Å². The third-order valence-corrected chi connectivity index (χ3v) is 6.27. The van der Waals surface area contributed by atoms with E-state index >= 15 is 0 Å². The van der Waals surface area contributed by atoms with Crippen molar-refractivity contribution in [3.63, 3.8) is 0 Å². The Morgan fingerprint density at radius 1 is 0.952 bits per heavy atom. The predicted molar refractivity (Wildman–Crippen MR) is 86.3 cm³/mol. The SMILES string of the molecule is CC(c1ccccc1)N(C)S(=O)(=O)c1c(Cl)cccc1Cl. The lowest BCUT2D eigenvalue weighted by Gasteiger charge is -2.25. The number of nitrogens with zero attached hydrogens (tertiary/aromatic N) is 1. The van der Waals surface area contributed by atoms with Crippen LogP contribution in [0, 0.1) is 0 Å². The first-order chi connectivity index (χ1) is 9.85. The minimum atomic E-state index is -3.78. The molecule has 2 aromatic rings. The lowest BCUT2D eigenvalue weighted by molar-refractivity contribution is 0.398. The highest BCUT2D eigenvalue weighted by Crippen LogP contribution is 2.34. The van der Waals surface area contributed by atoms with E-state index in [-0.39, 0.29) is 21.0 Å². The van der Waals surface area contributed by atoms with Gasteiger partial charge in [-0.2, -0.15) is 4.31 Å². The van der Waals surface area contributed by atoms with E-state index in [4.69, 9.17) is 23.2 Å². The van der Waals surface area contributed by atoms with Crippen LogP contribution in [0.5, 0.6) is 0 Å². The summed E-state index contributed by atoms with van der Waals surface area (Å²) in [5.41, 5.74) is 0.895. The third kappa shape index (κ3) is 3.24. The molecule has 2 rings (SSSR count). The summed E-state index contributed by atoms with van der Waals surface area (Å²) in [5, 5.41) is 0.240. The topological polar surface area (TPSA) is 37.4 Å². The Morgan fingerprint density at radius 2 is 1.48 bits per heavy atom. The number of rotatable bonds is 4. The molecule has 1 unspecified atom stereocenters. The Hall–Kier alpha value is -1.07. The molecule has 0 aliphatic rings. The van der Waals surface area contributed by atoms with Gasteiger partial charge in [0, 0.05) is 13.1 Å². The van der Waals surface area contributed by atoms with Gasteiger partial charge in [-0.15, -0.1) is 0 Å². The maximum atomic E-state index is 12.7. The molecule has 0 spiro atoms. The quantitative estimate of drug-likeness (QED) is 0.826. The second-order valence-electron chi connectivity index (χ2n) is 4.66. The molecule has 112 valence electrons. The summed E-state index contributed by atoms with van der Waals surface area (Å²) in [4.78, 5) is -0.0568.